The number of carbonyl (C=O) groups excluding carboxylic acids is 1. The van der Waals surface area contributed by atoms with E-state index in [2.05, 4.69) is 22.1 Å². The molecule has 1 heterocycles. The maximum absolute atomic E-state index is 11.9. The van der Waals surface area contributed by atoms with E-state index < -0.39 is 0 Å². The summed E-state index contributed by atoms with van der Waals surface area (Å²) >= 11 is 4.36. The van der Waals surface area contributed by atoms with Crippen molar-refractivity contribution in [1.82, 2.24) is 10.2 Å². The molecule has 0 aliphatic rings. The fraction of sp³-hybridized carbons (Fsp3) is 0.214. The SMILES string of the molecule is C=CCSc1nnc(NC(=O)CSc2ccc(OC)cc2)s1. The van der Waals surface area contributed by atoms with Gasteiger partial charge in [0.25, 0.3) is 0 Å². The predicted octanol–water partition coefficient (Wildman–Crippen LogP) is 3.56. The van der Waals surface area contributed by atoms with Crippen molar-refractivity contribution in [3.05, 3.63) is 36.9 Å². The molecule has 0 spiro atoms. The Morgan fingerprint density at radius 1 is 1.36 bits per heavy atom. The summed E-state index contributed by atoms with van der Waals surface area (Å²) in [6.07, 6.45) is 1.80. The number of ether oxygens (including phenoxy) is 1. The molecule has 0 aliphatic carbocycles. The Bertz CT molecular complexity index is 629. The van der Waals surface area contributed by atoms with Crippen LogP contribution in [0.15, 0.2) is 46.2 Å². The predicted molar refractivity (Wildman–Crippen MR) is 93.2 cm³/mol. The first-order chi connectivity index (χ1) is 10.7. The molecule has 5 nitrogen and oxygen atoms in total. The largest absolute Gasteiger partial charge is 0.497 e. The van der Waals surface area contributed by atoms with Gasteiger partial charge in [-0.25, -0.2) is 0 Å². The Balaban J connectivity index is 1.79. The van der Waals surface area contributed by atoms with Crippen molar-refractivity contribution < 1.29 is 9.53 Å². The van der Waals surface area contributed by atoms with E-state index in [0.717, 1.165) is 20.7 Å². The Morgan fingerprint density at radius 3 is 2.82 bits per heavy atom. The van der Waals surface area contributed by atoms with Gasteiger partial charge < -0.3 is 4.74 Å². The van der Waals surface area contributed by atoms with E-state index in [0.29, 0.717) is 10.9 Å². The number of hydrogen-bond acceptors (Lipinski definition) is 7. The molecule has 1 amide bonds. The van der Waals surface area contributed by atoms with Gasteiger partial charge in [0.1, 0.15) is 5.75 Å². The molecule has 2 aromatic rings. The molecular formula is C14H15N3O2S3. The van der Waals surface area contributed by atoms with Crippen molar-refractivity contribution in [1.29, 1.82) is 0 Å². The second-order valence-corrected chi connectivity index (χ2v) is 7.28. The lowest BCUT2D eigenvalue weighted by Crippen LogP contribution is -2.13. The van der Waals surface area contributed by atoms with Crippen molar-refractivity contribution in [2.75, 3.05) is 23.9 Å². The molecule has 0 radical (unpaired) electrons. The quantitative estimate of drug-likeness (QED) is 0.445. The van der Waals surface area contributed by atoms with E-state index in [4.69, 9.17) is 4.74 Å². The number of carbonyl (C=O) groups is 1. The highest BCUT2D eigenvalue weighted by Gasteiger charge is 2.09. The standard InChI is InChI=1S/C14H15N3O2S3/c1-3-8-20-14-17-16-13(22-14)15-12(18)9-21-11-6-4-10(19-2)5-7-11/h3-7H,1,8-9H2,2H3,(H,15,16,18). The summed E-state index contributed by atoms with van der Waals surface area (Å²) in [6.45, 7) is 3.65. The van der Waals surface area contributed by atoms with Crippen LogP contribution in [0.25, 0.3) is 0 Å². The Labute approximate surface area is 141 Å². The Kier molecular flexibility index (Phi) is 6.75. The first-order valence-corrected chi connectivity index (χ1v) is 9.14. The Morgan fingerprint density at radius 2 is 2.14 bits per heavy atom. The minimum atomic E-state index is -0.0998. The number of benzene rings is 1. The van der Waals surface area contributed by atoms with Gasteiger partial charge in [-0.05, 0) is 24.3 Å². The van der Waals surface area contributed by atoms with Crippen LogP contribution < -0.4 is 10.1 Å². The highest BCUT2D eigenvalue weighted by molar-refractivity contribution is 8.01. The van der Waals surface area contributed by atoms with Crippen LogP contribution in [0.2, 0.25) is 0 Å². The molecule has 0 fully saturated rings. The highest BCUT2D eigenvalue weighted by Crippen LogP contribution is 2.26. The van der Waals surface area contributed by atoms with Gasteiger partial charge in [0, 0.05) is 10.6 Å². The van der Waals surface area contributed by atoms with E-state index in [1.807, 2.05) is 24.3 Å². The molecule has 0 unspecified atom stereocenters. The number of methoxy groups -OCH3 is 1. The fourth-order valence-corrected chi connectivity index (χ4v) is 3.65. The average Bonchev–Trinajstić information content (AvgIpc) is 2.98. The topological polar surface area (TPSA) is 64.1 Å². The molecule has 1 aromatic heterocycles. The molecule has 0 aliphatic heterocycles. The maximum atomic E-state index is 11.9. The van der Waals surface area contributed by atoms with E-state index in [9.17, 15) is 4.79 Å². The van der Waals surface area contributed by atoms with Crippen LogP contribution in [0.4, 0.5) is 5.13 Å². The second kappa shape index (κ2) is 8.82. The fourth-order valence-electron chi connectivity index (χ4n) is 1.43. The molecule has 8 heteroatoms. The van der Waals surface area contributed by atoms with Gasteiger partial charge in [-0.1, -0.05) is 29.2 Å². The van der Waals surface area contributed by atoms with Crippen LogP contribution >= 0.6 is 34.9 Å². The first kappa shape index (κ1) is 16.9. The lowest BCUT2D eigenvalue weighted by atomic mass is 10.3. The number of rotatable bonds is 8. The zero-order valence-electron chi connectivity index (χ0n) is 11.9. The minimum Gasteiger partial charge on any atom is -0.497 e. The lowest BCUT2D eigenvalue weighted by Gasteiger charge is -2.03. The van der Waals surface area contributed by atoms with Crippen molar-refractivity contribution in [2.24, 2.45) is 0 Å². The van der Waals surface area contributed by atoms with Crippen LogP contribution in [0, 0.1) is 0 Å². The summed E-state index contributed by atoms with van der Waals surface area (Å²) in [7, 11) is 1.62. The third-order valence-electron chi connectivity index (χ3n) is 2.41. The number of thioether (sulfide) groups is 2. The first-order valence-electron chi connectivity index (χ1n) is 6.35. The number of amides is 1. The molecule has 0 saturated heterocycles. The summed E-state index contributed by atoms with van der Waals surface area (Å²) in [5.41, 5.74) is 0. The molecular weight excluding hydrogens is 338 g/mol. The van der Waals surface area contributed by atoms with Gasteiger partial charge in [0.15, 0.2) is 4.34 Å². The number of anilines is 1. The van der Waals surface area contributed by atoms with Gasteiger partial charge in [-0.2, -0.15) is 0 Å². The summed E-state index contributed by atoms with van der Waals surface area (Å²) in [5, 5.41) is 11.2. The number of nitrogens with one attached hydrogen (secondary N) is 1. The van der Waals surface area contributed by atoms with Gasteiger partial charge in [0.05, 0.1) is 12.9 Å². The molecule has 0 saturated carbocycles. The molecule has 1 aromatic carbocycles. The molecule has 1 N–H and O–H groups in total. The zero-order valence-corrected chi connectivity index (χ0v) is 14.4. The second-order valence-electron chi connectivity index (χ2n) is 3.99. The smallest absolute Gasteiger partial charge is 0.236 e. The minimum absolute atomic E-state index is 0.0998. The molecule has 116 valence electrons. The van der Waals surface area contributed by atoms with E-state index in [1.165, 1.54) is 23.1 Å². The van der Waals surface area contributed by atoms with Crippen molar-refractivity contribution in [3.8, 4) is 5.75 Å². The zero-order chi connectivity index (χ0) is 15.8. The third kappa shape index (κ3) is 5.36. The van der Waals surface area contributed by atoms with E-state index in [-0.39, 0.29) is 5.91 Å². The summed E-state index contributed by atoms with van der Waals surface area (Å²) in [6, 6.07) is 7.58. The summed E-state index contributed by atoms with van der Waals surface area (Å²) < 4.78 is 5.91. The normalized spacial score (nSPS) is 10.2. The highest BCUT2D eigenvalue weighted by atomic mass is 32.2. The molecule has 2 rings (SSSR count). The van der Waals surface area contributed by atoms with Crippen LogP contribution in [0.1, 0.15) is 0 Å². The summed E-state index contributed by atoms with van der Waals surface area (Å²) in [5.74, 6) is 1.79. The maximum Gasteiger partial charge on any atom is 0.236 e. The lowest BCUT2D eigenvalue weighted by molar-refractivity contribution is -0.113. The van der Waals surface area contributed by atoms with Crippen molar-refractivity contribution >= 4 is 45.9 Å². The van der Waals surface area contributed by atoms with Gasteiger partial charge in [-0.15, -0.1) is 28.5 Å². The van der Waals surface area contributed by atoms with Crippen molar-refractivity contribution in [2.45, 2.75) is 9.24 Å². The summed E-state index contributed by atoms with van der Waals surface area (Å²) in [4.78, 5) is 12.9. The van der Waals surface area contributed by atoms with Gasteiger partial charge >= 0.3 is 0 Å². The molecule has 0 atom stereocenters. The third-order valence-corrected chi connectivity index (χ3v) is 5.39. The van der Waals surface area contributed by atoms with Crippen LogP contribution in [0.5, 0.6) is 5.75 Å². The molecule has 0 bridgehead atoms. The van der Waals surface area contributed by atoms with Crippen LogP contribution in [-0.2, 0) is 4.79 Å². The van der Waals surface area contributed by atoms with Gasteiger partial charge in [0.2, 0.25) is 11.0 Å². The number of nitrogens with zero attached hydrogens (tertiary/aromatic N) is 2. The molecule has 22 heavy (non-hydrogen) atoms. The van der Waals surface area contributed by atoms with E-state index in [1.54, 1.807) is 24.9 Å². The van der Waals surface area contributed by atoms with Gasteiger partial charge in [-0.3, -0.25) is 10.1 Å². The van der Waals surface area contributed by atoms with E-state index >= 15 is 0 Å². The monoisotopic (exact) mass is 353 g/mol. The van der Waals surface area contributed by atoms with Crippen LogP contribution in [-0.4, -0.2) is 34.7 Å². The average molecular weight is 353 g/mol. The van der Waals surface area contributed by atoms with Crippen LogP contribution in [0.3, 0.4) is 0 Å². The number of hydrogen-bond donors (Lipinski definition) is 1. The number of aromatic nitrogens is 2. The van der Waals surface area contributed by atoms with Crippen molar-refractivity contribution in [3.63, 3.8) is 0 Å². The Hall–Kier alpha value is -1.51.